The van der Waals surface area contributed by atoms with Crippen molar-refractivity contribution in [3.05, 3.63) is 87.5 Å². The fourth-order valence-electron chi connectivity index (χ4n) is 6.48. The minimum Gasteiger partial charge on any atom is -0.497 e. The number of aryl methyl sites for hydroxylation is 2. The number of unbranched alkanes of at least 4 members (excludes halogenated alkanes) is 2. The quantitative estimate of drug-likeness (QED) is 0.0972. The number of nitrogens with zero attached hydrogens (tertiary/aromatic N) is 1. The molecule has 0 saturated heterocycles. The van der Waals surface area contributed by atoms with E-state index in [0.29, 0.717) is 29.3 Å². The molecule has 0 aromatic heterocycles. The van der Waals surface area contributed by atoms with E-state index in [2.05, 4.69) is 23.4 Å². The van der Waals surface area contributed by atoms with Crippen LogP contribution in [0, 0.1) is 13.8 Å². The zero-order chi connectivity index (χ0) is 29.1. The van der Waals surface area contributed by atoms with Crippen molar-refractivity contribution in [3.8, 4) is 16.9 Å². The van der Waals surface area contributed by atoms with Crippen LogP contribution in [0.5, 0.6) is 5.75 Å². The van der Waals surface area contributed by atoms with E-state index < -0.39 is 5.97 Å². The lowest BCUT2D eigenvalue weighted by atomic mass is 9.70. The first-order chi connectivity index (χ1) is 19.8. The van der Waals surface area contributed by atoms with Gasteiger partial charge in [0.05, 0.1) is 12.7 Å². The number of benzene rings is 3. The van der Waals surface area contributed by atoms with E-state index in [-0.39, 0.29) is 16.9 Å². The van der Waals surface area contributed by atoms with Crippen molar-refractivity contribution in [2.45, 2.75) is 64.2 Å². The van der Waals surface area contributed by atoms with Crippen LogP contribution in [0.3, 0.4) is 0 Å². The summed E-state index contributed by atoms with van der Waals surface area (Å²) in [6.45, 7) is 3.84. The summed E-state index contributed by atoms with van der Waals surface area (Å²) >= 11 is 12.2. The van der Waals surface area contributed by atoms with Crippen LogP contribution in [-0.4, -0.2) is 36.3 Å². The van der Waals surface area contributed by atoms with Crippen LogP contribution in [0.2, 0.25) is 0 Å². The van der Waals surface area contributed by atoms with Gasteiger partial charge in [-0.1, -0.05) is 47.3 Å². The SMILES string of the molecule is COc1ccc2c(c1)C(CCCCCl)(CCCCCl)c1cc3c(cc1-2)C(=O)/C(=N\OC(=O)c1cc(C)cc(C)c1)C3. The standard InChI is InChI=1S/C34H35Cl2NO4/c1-21-14-22(2)16-24(15-21)33(39)41-37-31-18-23-17-29-28(20-27(23)32(31)38)26-9-8-25(40-3)19-30(26)34(29,10-4-6-12-35)11-5-7-13-36/h8-9,14-17,19-20H,4-7,10-13,18H2,1-3H3/b37-31-. The number of hydrogen-bond donors (Lipinski definition) is 0. The second kappa shape index (κ2) is 12.4. The van der Waals surface area contributed by atoms with Crippen molar-refractivity contribution in [1.82, 2.24) is 0 Å². The van der Waals surface area contributed by atoms with Gasteiger partial charge < -0.3 is 9.57 Å². The molecule has 41 heavy (non-hydrogen) atoms. The van der Waals surface area contributed by atoms with Gasteiger partial charge in [-0.25, -0.2) is 4.79 Å². The highest BCUT2D eigenvalue weighted by atomic mass is 35.5. The molecule has 0 heterocycles. The molecular weight excluding hydrogens is 557 g/mol. The molecule has 5 rings (SSSR count). The summed E-state index contributed by atoms with van der Waals surface area (Å²) < 4.78 is 5.63. The van der Waals surface area contributed by atoms with E-state index >= 15 is 0 Å². The Morgan fingerprint density at radius 1 is 0.854 bits per heavy atom. The third-order valence-corrected chi connectivity index (χ3v) is 8.86. The van der Waals surface area contributed by atoms with E-state index in [0.717, 1.165) is 72.1 Å². The Labute approximate surface area is 251 Å². The molecule has 0 saturated carbocycles. The Morgan fingerprint density at radius 3 is 2.15 bits per heavy atom. The molecule has 5 nitrogen and oxygen atoms in total. The van der Waals surface area contributed by atoms with Gasteiger partial charge in [-0.05, 0) is 97.7 Å². The predicted molar refractivity (Wildman–Crippen MR) is 165 cm³/mol. The van der Waals surface area contributed by atoms with Crippen LogP contribution in [0.25, 0.3) is 11.1 Å². The van der Waals surface area contributed by atoms with Gasteiger partial charge >= 0.3 is 5.97 Å². The molecule has 0 bridgehead atoms. The molecule has 0 N–H and O–H groups in total. The number of halogens is 2. The van der Waals surface area contributed by atoms with E-state index in [1.807, 2.05) is 32.0 Å². The van der Waals surface area contributed by atoms with Gasteiger partial charge in [-0.2, -0.15) is 0 Å². The topological polar surface area (TPSA) is 65.0 Å². The molecule has 0 radical (unpaired) electrons. The Hall–Kier alpha value is -3.15. The molecule has 0 unspecified atom stereocenters. The number of fused-ring (bicyclic) bond motifs is 4. The maximum Gasteiger partial charge on any atom is 0.365 e. The first kappa shape index (κ1) is 29.3. The van der Waals surface area contributed by atoms with Crippen LogP contribution in [0.1, 0.15) is 87.1 Å². The number of oxime groups is 1. The number of Topliss-reactive ketones (excluding diaryl/α,β-unsaturated/α-hetero) is 1. The van der Waals surface area contributed by atoms with Gasteiger partial charge in [-0.3, -0.25) is 4.79 Å². The number of ketones is 1. The van der Waals surface area contributed by atoms with Gasteiger partial charge in [0.25, 0.3) is 0 Å². The monoisotopic (exact) mass is 591 g/mol. The molecule has 214 valence electrons. The smallest absolute Gasteiger partial charge is 0.365 e. The molecule has 0 spiro atoms. The second-order valence-corrected chi connectivity index (χ2v) is 11.9. The lowest BCUT2D eigenvalue weighted by Gasteiger charge is -2.33. The number of methoxy groups -OCH3 is 1. The summed E-state index contributed by atoms with van der Waals surface area (Å²) in [5.74, 6) is 1.28. The molecule has 0 amide bonds. The highest BCUT2D eigenvalue weighted by molar-refractivity contribution is 6.49. The van der Waals surface area contributed by atoms with Gasteiger partial charge in [0.15, 0.2) is 0 Å². The Morgan fingerprint density at radius 2 is 1.51 bits per heavy atom. The number of rotatable bonds is 11. The number of carbonyl (C=O) groups excluding carboxylic acids is 2. The van der Waals surface area contributed by atoms with Crippen molar-refractivity contribution < 1.29 is 19.2 Å². The highest BCUT2D eigenvalue weighted by Crippen LogP contribution is 2.56. The summed E-state index contributed by atoms with van der Waals surface area (Å²) in [4.78, 5) is 31.4. The Kier molecular flexibility index (Phi) is 8.86. The zero-order valence-corrected chi connectivity index (χ0v) is 25.3. The van der Waals surface area contributed by atoms with Crippen LogP contribution in [0.4, 0.5) is 0 Å². The van der Waals surface area contributed by atoms with Crippen LogP contribution in [0.15, 0.2) is 53.7 Å². The largest absolute Gasteiger partial charge is 0.497 e. The lowest BCUT2D eigenvalue weighted by molar-refractivity contribution is 0.0515. The molecule has 3 aromatic rings. The number of alkyl halides is 2. The maximum absolute atomic E-state index is 13.5. The van der Waals surface area contributed by atoms with Crippen molar-refractivity contribution in [2.75, 3.05) is 18.9 Å². The van der Waals surface area contributed by atoms with Crippen LogP contribution in [-0.2, 0) is 16.7 Å². The molecule has 0 atom stereocenters. The Bertz CT molecular complexity index is 1500. The summed E-state index contributed by atoms with van der Waals surface area (Å²) in [5, 5.41) is 4.05. The third kappa shape index (κ3) is 5.67. The average molecular weight is 593 g/mol. The van der Waals surface area contributed by atoms with Crippen molar-refractivity contribution in [1.29, 1.82) is 0 Å². The zero-order valence-electron chi connectivity index (χ0n) is 23.8. The summed E-state index contributed by atoms with van der Waals surface area (Å²) in [5.41, 5.74) is 8.53. The summed E-state index contributed by atoms with van der Waals surface area (Å²) in [6, 6.07) is 15.9. The fourth-order valence-corrected chi connectivity index (χ4v) is 6.86. The van der Waals surface area contributed by atoms with Gasteiger partial charge in [0, 0.05) is 29.2 Å². The minimum absolute atomic E-state index is 0.201. The molecule has 0 fully saturated rings. The first-order valence-electron chi connectivity index (χ1n) is 14.2. The van der Waals surface area contributed by atoms with Crippen LogP contribution >= 0.6 is 23.2 Å². The minimum atomic E-state index is -0.573. The van der Waals surface area contributed by atoms with E-state index in [9.17, 15) is 9.59 Å². The van der Waals surface area contributed by atoms with Crippen LogP contribution < -0.4 is 4.74 Å². The van der Waals surface area contributed by atoms with Gasteiger partial charge in [0.1, 0.15) is 11.5 Å². The number of ether oxygens (including phenoxy) is 1. The maximum atomic E-state index is 13.5. The first-order valence-corrected chi connectivity index (χ1v) is 15.3. The molecule has 3 aromatic carbocycles. The molecule has 7 heteroatoms. The van der Waals surface area contributed by atoms with Gasteiger partial charge in [-0.15, -0.1) is 23.2 Å². The van der Waals surface area contributed by atoms with E-state index in [4.69, 9.17) is 32.8 Å². The molecule has 2 aliphatic rings. The predicted octanol–water partition coefficient (Wildman–Crippen LogP) is 8.35. The van der Waals surface area contributed by atoms with E-state index in [1.54, 1.807) is 19.2 Å². The van der Waals surface area contributed by atoms with E-state index in [1.165, 1.54) is 11.1 Å². The molecular formula is C34H35Cl2NO4. The van der Waals surface area contributed by atoms with Crippen molar-refractivity contribution in [3.63, 3.8) is 0 Å². The van der Waals surface area contributed by atoms with Crippen molar-refractivity contribution in [2.24, 2.45) is 5.16 Å². The summed E-state index contributed by atoms with van der Waals surface area (Å²) in [6.07, 6.45) is 6.03. The molecule has 2 aliphatic carbocycles. The lowest BCUT2D eigenvalue weighted by Crippen LogP contribution is -2.26. The Balaban J connectivity index is 1.52. The highest BCUT2D eigenvalue weighted by Gasteiger charge is 2.44. The second-order valence-electron chi connectivity index (χ2n) is 11.1. The average Bonchev–Trinajstić information content (AvgIpc) is 3.41. The fraction of sp³-hybridized carbons (Fsp3) is 0.382. The normalized spacial score (nSPS) is 15.5. The van der Waals surface area contributed by atoms with Crippen molar-refractivity contribution >= 4 is 40.7 Å². The number of carbonyl (C=O) groups is 2. The third-order valence-electron chi connectivity index (χ3n) is 8.33. The summed E-state index contributed by atoms with van der Waals surface area (Å²) in [7, 11) is 1.69. The molecule has 0 aliphatic heterocycles. The van der Waals surface area contributed by atoms with Gasteiger partial charge in [0.2, 0.25) is 5.78 Å². The number of hydrogen-bond acceptors (Lipinski definition) is 5.